The van der Waals surface area contributed by atoms with Crippen LogP contribution in [0.15, 0.2) is 66.7 Å². The summed E-state index contributed by atoms with van der Waals surface area (Å²) in [6.45, 7) is -0.0239. The maximum atomic E-state index is 12.9. The molecule has 0 saturated carbocycles. The zero-order valence-electron chi connectivity index (χ0n) is 17.6. The molecular weight excluding hydrogens is 449 g/mol. The Balaban J connectivity index is 1.36. The van der Waals surface area contributed by atoms with E-state index < -0.39 is 28.4 Å². The molecular formula is C25H17F3N2O4. The largest absolute Gasteiger partial charge is 0.449 e. The molecule has 0 spiro atoms. The van der Waals surface area contributed by atoms with Crippen LogP contribution in [0.1, 0.15) is 28.2 Å². The molecule has 3 aromatic carbocycles. The van der Waals surface area contributed by atoms with E-state index in [4.69, 9.17) is 4.74 Å². The Morgan fingerprint density at radius 1 is 1.03 bits per heavy atom. The number of nitrogens with one attached hydrogen (secondary N) is 1. The molecule has 34 heavy (non-hydrogen) atoms. The van der Waals surface area contributed by atoms with Crippen molar-refractivity contribution in [2.45, 2.75) is 12.1 Å². The number of carbonyl (C=O) groups excluding carboxylic acids is 1. The van der Waals surface area contributed by atoms with Gasteiger partial charge in [0.2, 0.25) is 0 Å². The lowest BCUT2D eigenvalue weighted by molar-refractivity contribution is -0.388. The Bertz CT molecular complexity index is 1280. The molecule has 9 heteroatoms. The van der Waals surface area contributed by atoms with E-state index in [9.17, 15) is 28.1 Å². The topological polar surface area (TPSA) is 81.5 Å². The summed E-state index contributed by atoms with van der Waals surface area (Å²) in [7, 11) is 0. The van der Waals surface area contributed by atoms with Gasteiger partial charge in [-0.3, -0.25) is 10.1 Å². The summed E-state index contributed by atoms with van der Waals surface area (Å²) in [6, 6.07) is 18.2. The fourth-order valence-electron chi connectivity index (χ4n) is 3.91. The van der Waals surface area contributed by atoms with Crippen LogP contribution in [-0.4, -0.2) is 24.2 Å². The molecule has 0 heterocycles. The quantitative estimate of drug-likeness (QED) is 0.313. The number of nitro groups is 1. The average Bonchev–Trinajstić information content (AvgIpc) is 3.13. The smallest absolute Gasteiger partial charge is 0.422 e. The molecule has 3 aromatic rings. The van der Waals surface area contributed by atoms with E-state index in [1.54, 1.807) is 0 Å². The molecule has 0 saturated heterocycles. The molecule has 1 aliphatic carbocycles. The number of nitro benzene ring substituents is 1. The van der Waals surface area contributed by atoms with Crippen molar-refractivity contribution in [3.8, 4) is 23.0 Å². The van der Waals surface area contributed by atoms with Gasteiger partial charge in [0, 0.05) is 17.5 Å². The maximum absolute atomic E-state index is 12.9. The van der Waals surface area contributed by atoms with Gasteiger partial charge in [-0.1, -0.05) is 60.4 Å². The third-order valence-electron chi connectivity index (χ3n) is 5.40. The van der Waals surface area contributed by atoms with Crippen LogP contribution in [0.4, 0.5) is 23.7 Å². The van der Waals surface area contributed by atoms with Gasteiger partial charge in [-0.25, -0.2) is 4.79 Å². The van der Waals surface area contributed by atoms with E-state index in [2.05, 4.69) is 17.2 Å². The summed E-state index contributed by atoms with van der Waals surface area (Å²) in [5.74, 6) is 4.96. The van der Waals surface area contributed by atoms with Crippen LogP contribution in [0.3, 0.4) is 0 Å². The fourth-order valence-corrected chi connectivity index (χ4v) is 3.91. The summed E-state index contributed by atoms with van der Waals surface area (Å²) in [4.78, 5) is 22.0. The normalized spacial score (nSPS) is 12.2. The van der Waals surface area contributed by atoms with E-state index in [1.807, 2.05) is 48.5 Å². The van der Waals surface area contributed by atoms with Crippen LogP contribution < -0.4 is 5.32 Å². The summed E-state index contributed by atoms with van der Waals surface area (Å²) < 4.78 is 44.0. The number of amides is 1. The van der Waals surface area contributed by atoms with Gasteiger partial charge < -0.3 is 10.1 Å². The molecule has 4 rings (SSSR count). The number of hydrogen-bond donors (Lipinski definition) is 1. The molecule has 0 aliphatic heterocycles. The molecule has 6 nitrogen and oxygen atoms in total. The van der Waals surface area contributed by atoms with Gasteiger partial charge in [0.15, 0.2) is 0 Å². The molecule has 0 aromatic heterocycles. The highest BCUT2D eigenvalue weighted by atomic mass is 19.4. The Morgan fingerprint density at radius 3 is 2.24 bits per heavy atom. The Morgan fingerprint density at radius 2 is 1.65 bits per heavy atom. The third-order valence-corrected chi connectivity index (χ3v) is 5.40. The first kappa shape index (κ1) is 22.9. The molecule has 1 aliphatic rings. The van der Waals surface area contributed by atoms with Crippen LogP contribution in [0.2, 0.25) is 0 Å². The lowest BCUT2D eigenvalue weighted by Gasteiger charge is -2.14. The van der Waals surface area contributed by atoms with E-state index in [0.717, 1.165) is 34.4 Å². The molecule has 0 fully saturated rings. The Kier molecular flexibility index (Phi) is 6.23. The standard InChI is InChI=1S/C25H17F3N2O4/c26-25(27,28)22-12-11-16(14-23(22)30(32)33)6-5-13-29-24(31)34-15-21-19-9-3-1-7-17(19)18-8-2-4-10-20(18)21/h1-4,7-12,14,21H,13,15H2,(H,29,31). The van der Waals surface area contributed by atoms with Crippen LogP contribution >= 0.6 is 0 Å². The first-order valence-electron chi connectivity index (χ1n) is 10.2. The fraction of sp³-hybridized carbons (Fsp3) is 0.160. The number of nitrogens with zero attached hydrogens (tertiary/aromatic N) is 1. The van der Waals surface area contributed by atoms with Gasteiger partial charge >= 0.3 is 12.3 Å². The van der Waals surface area contributed by atoms with E-state index in [1.165, 1.54) is 0 Å². The zero-order chi connectivity index (χ0) is 24.3. The number of hydrogen-bond acceptors (Lipinski definition) is 4. The van der Waals surface area contributed by atoms with Gasteiger partial charge in [-0.05, 0) is 34.4 Å². The minimum absolute atomic E-state index is 0.0223. The Hall–Kier alpha value is -4.32. The minimum Gasteiger partial charge on any atom is -0.449 e. The second-order valence-electron chi connectivity index (χ2n) is 7.47. The van der Waals surface area contributed by atoms with E-state index >= 15 is 0 Å². The van der Waals surface area contributed by atoms with Gasteiger partial charge in [0.1, 0.15) is 12.2 Å². The lowest BCUT2D eigenvalue weighted by Crippen LogP contribution is -2.26. The van der Waals surface area contributed by atoms with Crippen molar-refractivity contribution in [1.29, 1.82) is 0 Å². The summed E-state index contributed by atoms with van der Waals surface area (Å²) >= 11 is 0. The molecule has 0 unspecified atom stereocenters. The highest BCUT2D eigenvalue weighted by molar-refractivity contribution is 5.79. The van der Waals surface area contributed by atoms with Crippen LogP contribution in [0, 0.1) is 22.0 Å². The second kappa shape index (κ2) is 9.27. The number of halogens is 3. The predicted molar refractivity (Wildman–Crippen MR) is 118 cm³/mol. The van der Waals surface area contributed by atoms with Gasteiger partial charge in [0.05, 0.1) is 11.5 Å². The molecule has 0 bridgehead atoms. The van der Waals surface area contributed by atoms with E-state index in [0.29, 0.717) is 6.07 Å². The highest BCUT2D eigenvalue weighted by Gasteiger charge is 2.38. The summed E-state index contributed by atoms with van der Waals surface area (Å²) in [5.41, 5.74) is 1.94. The number of fused-ring (bicyclic) bond motifs is 3. The van der Waals surface area contributed by atoms with Crippen LogP contribution in [-0.2, 0) is 10.9 Å². The molecule has 1 amide bonds. The summed E-state index contributed by atoms with van der Waals surface area (Å²) in [5, 5.41) is 13.4. The number of carbonyl (C=O) groups is 1. The number of ether oxygens (including phenoxy) is 1. The van der Waals surface area contributed by atoms with Crippen molar-refractivity contribution in [1.82, 2.24) is 5.32 Å². The van der Waals surface area contributed by atoms with Crippen molar-refractivity contribution in [2.75, 3.05) is 13.2 Å². The number of rotatable bonds is 4. The zero-order valence-corrected chi connectivity index (χ0v) is 17.6. The summed E-state index contributed by atoms with van der Waals surface area (Å²) in [6.07, 6.45) is -5.55. The average molecular weight is 466 g/mol. The van der Waals surface area contributed by atoms with Gasteiger partial charge in [-0.2, -0.15) is 13.2 Å². The van der Waals surface area contributed by atoms with Gasteiger partial charge in [-0.15, -0.1) is 0 Å². The van der Waals surface area contributed by atoms with Crippen molar-refractivity contribution in [3.05, 3.63) is 99.1 Å². The minimum atomic E-state index is -4.85. The number of alkyl carbamates (subject to hydrolysis) is 1. The van der Waals surface area contributed by atoms with Crippen LogP contribution in [0.25, 0.3) is 11.1 Å². The molecule has 0 radical (unpaired) electrons. The SMILES string of the molecule is O=C(NCC#Cc1ccc(C(F)(F)F)c([N+](=O)[O-])c1)OCC1c2ccccc2-c2ccccc21. The van der Waals surface area contributed by atoms with Gasteiger partial charge in [0.25, 0.3) is 5.69 Å². The monoisotopic (exact) mass is 466 g/mol. The first-order chi connectivity index (χ1) is 16.3. The van der Waals surface area contributed by atoms with Crippen molar-refractivity contribution < 1.29 is 27.6 Å². The van der Waals surface area contributed by atoms with Crippen LogP contribution in [0.5, 0.6) is 0 Å². The maximum Gasteiger partial charge on any atom is 0.422 e. The number of benzene rings is 3. The van der Waals surface area contributed by atoms with Crippen molar-refractivity contribution >= 4 is 11.8 Å². The third kappa shape index (κ3) is 4.71. The predicted octanol–water partition coefficient (Wildman–Crippen LogP) is 5.50. The Labute approximate surface area is 192 Å². The molecule has 172 valence electrons. The number of alkyl halides is 3. The van der Waals surface area contributed by atoms with E-state index in [-0.39, 0.29) is 24.6 Å². The highest BCUT2D eigenvalue weighted by Crippen LogP contribution is 2.44. The molecule has 1 N–H and O–H groups in total. The lowest BCUT2D eigenvalue weighted by atomic mass is 9.98. The van der Waals surface area contributed by atoms with Crippen molar-refractivity contribution in [2.24, 2.45) is 0 Å². The molecule has 0 atom stereocenters. The van der Waals surface area contributed by atoms with Crippen molar-refractivity contribution in [3.63, 3.8) is 0 Å². The first-order valence-corrected chi connectivity index (χ1v) is 10.2. The second-order valence-corrected chi connectivity index (χ2v) is 7.47.